The van der Waals surface area contributed by atoms with Crippen LogP contribution in [0.2, 0.25) is 0 Å². The fourth-order valence-corrected chi connectivity index (χ4v) is 3.37. The molecule has 0 bridgehead atoms. The lowest BCUT2D eigenvalue weighted by Crippen LogP contribution is -2.38. The summed E-state index contributed by atoms with van der Waals surface area (Å²) >= 11 is 0. The topological polar surface area (TPSA) is 15.7 Å². The van der Waals surface area contributed by atoms with Gasteiger partial charge in [-0.3, -0.25) is 0 Å². The number of rotatable bonds is 2. The molecule has 0 spiro atoms. The smallest absolute Gasteiger partial charge is 0.124 e. The molecule has 2 aliphatic rings. The Labute approximate surface area is 109 Å². The van der Waals surface area contributed by atoms with Crippen LogP contribution in [0.15, 0.2) is 18.2 Å². The molecule has 1 atom stereocenters. The molecule has 1 aromatic rings. The van der Waals surface area contributed by atoms with Crippen molar-refractivity contribution in [3.63, 3.8) is 0 Å². The number of anilines is 1. The average molecular weight is 246 g/mol. The highest BCUT2D eigenvalue weighted by Gasteiger charge is 2.33. The minimum atomic E-state index is 0.638. The van der Waals surface area contributed by atoms with E-state index in [-0.39, 0.29) is 0 Å². The number of benzene rings is 1. The quantitative estimate of drug-likeness (QED) is 0.795. The van der Waals surface area contributed by atoms with Crippen molar-refractivity contribution in [1.29, 1.82) is 0 Å². The zero-order valence-electron chi connectivity index (χ0n) is 11.4. The summed E-state index contributed by atoms with van der Waals surface area (Å²) in [6.45, 7) is 7.04. The van der Waals surface area contributed by atoms with Crippen LogP contribution >= 0.6 is 0 Å². The first-order chi connectivity index (χ1) is 8.83. The molecule has 2 heterocycles. The van der Waals surface area contributed by atoms with Crippen LogP contribution in [-0.2, 0) is 6.42 Å². The van der Waals surface area contributed by atoms with Crippen molar-refractivity contribution < 1.29 is 4.74 Å². The van der Waals surface area contributed by atoms with Gasteiger partial charge in [0.2, 0.25) is 0 Å². The van der Waals surface area contributed by atoms with E-state index in [0.717, 1.165) is 18.7 Å². The van der Waals surface area contributed by atoms with Crippen molar-refractivity contribution in [3.8, 4) is 5.75 Å². The van der Waals surface area contributed by atoms with E-state index in [1.807, 2.05) is 0 Å². The summed E-state index contributed by atoms with van der Waals surface area (Å²) in [4.78, 5) is 5.16. The van der Waals surface area contributed by atoms with E-state index in [1.54, 1.807) is 7.11 Å². The summed E-state index contributed by atoms with van der Waals surface area (Å²) in [6, 6.07) is 7.09. The molecular formula is C15H22N2O. The van der Waals surface area contributed by atoms with Gasteiger partial charge in [0.05, 0.1) is 7.11 Å². The van der Waals surface area contributed by atoms with E-state index in [0.29, 0.717) is 6.04 Å². The van der Waals surface area contributed by atoms with Crippen LogP contribution in [0, 0.1) is 0 Å². The van der Waals surface area contributed by atoms with Crippen molar-refractivity contribution in [1.82, 2.24) is 4.90 Å². The van der Waals surface area contributed by atoms with Crippen LogP contribution in [-0.4, -0.2) is 44.2 Å². The highest BCUT2D eigenvalue weighted by Crippen LogP contribution is 2.39. The van der Waals surface area contributed by atoms with Crippen LogP contribution in [0.3, 0.4) is 0 Å². The summed E-state index contributed by atoms with van der Waals surface area (Å²) in [5, 5.41) is 0. The fraction of sp³-hybridized carbons (Fsp3) is 0.600. The normalized spacial score (nSPS) is 23.4. The third kappa shape index (κ3) is 1.87. The zero-order chi connectivity index (χ0) is 12.5. The van der Waals surface area contributed by atoms with Crippen molar-refractivity contribution in [3.05, 3.63) is 23.8 Å². The van der Waals surface area contributed by atoms with E-state index in [2.05, 4.69) is 34.9 Å². The number of hydrogen-bond acceptors (Lipinski definition) is 3. The van der Waals surface area contributed by atoms with Gasteiger partial charge < -0.3 is 14.5 Å². The van der Waals surface area contributed by atoms with Gasteiger partial charge in [-0.15, -0.1) is 0 Å². The second kappa shape index (κ2) is 4.81. The lowest BCUT2D eigenvalue weighted by atomic mass is 10.1. The number of fused-ring (bicyclic) bond motifs is 3. The second-order valence-electron chi connectivity index (χ2n) is 5.26. The minimum absolute atomic E-state index is 0.638. The average Bonchev–Trinajstić information content (AvgIpc) is 2.62. The maximum atomic E-state index is 5.51. The van der Waals surface area contributed by atoms with Crippen molar-refractivity contribution in [2.45, 2.75) is 25.8 Å². The van der Waals surface area contributed by atoms with Crippen molar-refractivity contribution in [2.24, 2.45) is 0 Å². The minimum Gasteiger partial charge on any atom is -0.496 e. The number of ether oxygens (including phenoxy) is 1. The predicted octanol–water partition coefficient (Wildman–Crippen LogP) is 2.15. The molecule has 1 unspecified atom stereocenters. The Hall–Kier alpha value is -1.22. The highest BCUT2D eigenvalue weighted by molar-refractivity contribution is 5.64. The molecule has 2 aliphatic heterocycles. The molecule has 3 nitrogen and oxygen atoms in total. The summed E-state index contributed by atoms with van der Waals surface area (Å²) in [5.41, 5.74) is 2.81. The number of likely N-dealkylation sites (N-methyl/N-ethyl adjacent to an activating group) is 1. The molecule has 3 rings (SSSR count). The summed E-state index contributed by atoms with van der Waals surface area (Å²) in [6.07, 6.45) is 2.40. The summed E-state index contributed by atoms with van der Waals surface area (Å²) in [7, 11) is 1.78. The first-order valence-corrected chi connectivity index (χ1v) is 6.98. The van der Waals surface area contributed by atoms with Gasteiger partial charge in [-0.1, -0.05) is 13.0 Å². The molecule has 0 aliphatic carbocycles. The van der Waals surface area contributed by atoms with Gasteiger partial charge in [0, 0.05) is 30.4 Å². The van der Waals surface area contributed by atoms with Gasteiger partial charge in [0.1, 0.15) is 5.75 Å². The third-order valence-electron chi connectivity index (χ3n) is 4.31. The molecule has 1 aromatic carbocycles. The predicted molar refractivity (Wildman–Crippen MR) is 74.6 cm³/mol. The first kappa shape index (κ1) is 11.8. The molecule has 18 heavy (non-hydrogen) atoms. The monoisotopic (exact) mass is 246 g/mol. The van der Waals surface area contributed by atoms with Crippen LogP contribution in [0.5, 0.6) is 5.75 Å². The molecule has 0 saturated carbocycles. The largest absolute Gasteiger partial charge is 0.496 e. The Morgan fingerprint density at radius 3 is 3.00 bits per heavy atom. The van der Waals surface area contributed by atoms with E-state index in [4.69, 9.17) is 4.74 Å². The van der Waals surface area contributed by atoms with E-state index in [1.165, 1.54) is 37.3 Å². The zero-order valence-corrected chi connectivity index (χ0v) is 11.4. The fourth-order valence-electron chi connectivity index (χ4n) is 3.37. The summed E-state index contributed by atoms with van der Waals surface area (Å²) in [5.74, 6) is 1.06. The Kier molecular flexibility index (Phi) is 3.16. The molecule has 1 saturated heterocycles. The van der Waals surface area contributed by atoms with Gasteiger partial charge in [0.25, 0.3) is 0 Å². The maximum absolute atomic E-state index is 5.51. The SMILES string of the molecule is CCN1CCCN2c3cccc(OC)c3CC2C1. The van der Waals surface area contributed by atoms with Crippen LogP contribution in [0.4, 0.5) is 5.69 Å². The standard InChI is InChI=1S/C15H22N2O/c1-3-16-8-5-9-17-12(11-16)10-13-14(17)6-4-7-15(13)18-2/h4,6-7,12H,3,5,8-11H2,1-2H3. The van der Waals surface area contributed by atoms with Crippen molar-refractivity contribution >= 4 is 5.69 Å². The Morgan fingerprint density at radius 2 is 2.22 bits per heavy atom. The Balaban J connectivity index is 1.91. The van der Waals surface area contributed by atoms with Gasteiger partial charge in [-0.25, -0.2) is 0 Å². The van der Waals surface area contributed by atoms with E-state index >= 15 is 0 Å². The summed E-state index contributed by atoms with van der Waals surface area (Å²) < 4.78 is 5.51. The molecule has 0 radical (unpaired) electrons. The molecule has 3 heteroatoms. The number of nitrogens with zero attached hydrogens (tertiary/aromatic N) is 2. The lowest BCUT2D eigenvalue weighted by Gasteiger charge is -2.26. The lowest BCUT2D eigenvalue weighted by molar-refractivity contribution is 0.287. The second-order valence-corrected chi connectivity index (χ2v) is 5.26. The Bertz CT molecular complexity index is 433. The molecule has 0 N–H and O–H groups in total. The molecule has 1 fully saturated rings. The Morgan fingerprint density at radius 1 is 1.33 bits per heavy atom. The van der Waals surface area contributed by atoms with E-state index < -0.39 is 0 Å². The van der Waals surface area contributed by atoms with Crippen molar-refractivity contribution in [2.75, 3.05) is 38.2 Å². The van der Waals surface area contributed by atoms with E-state index in [9.17, 15) is 0 Å². The highest BCUT2D eigenvalue weighted by atomic mass is 16.5. The number of methoxy groups -OCH3 is 1. The van der Waals surface area contributed by atoms with Gasteiger partial charge in [0.15, 0.2) is 0 Å². The number of hydrogen-bond donors (Lipinski definition) is 0. The maximum Gasteiger partial charge on any atom is 0.124 e. The molecule has 98 valence electrons. The van der Waals surface area contributed by atoms with Gasteiger partial charge >= 0.3 is 0 Å². The first-order valence-electron chi connectivity index (χ1n) is 6.98. The van der Waals surface area contributed by atoms with Gasteiger partial charge in [-0.2, -0.15) is 0 Å². The molecule has 0 amide bonds. The van der Waals surface area contributed by atoms with Crippen LogP contribution < -0.4 is 9.64 Å². The molecular weight excluding hydrogens is 224 g/mol. The van der Waals surface area contributed by atoms with Gasteiger partial charge in [-0.05, 0) is 38.1 Å². The van der Waals surface area contributed by atoms with Crippen LogP contribution in [0.25, 0.3) is 0 Å². The molecule has 0 aromatic heterocycles. The third-order valence-corrected chi connectivity index (χ3v) is 4.31. The van der Waals surface area contributed by atoms with Crippen LogP contribution in [0.1, 0.15) is 18.9 Å².